The van der Waals surface area contributed by atoms with Crippen LogP contribution >= 0.6 is 11.6 Å². The second kappa shape index (κ2) is 4.18. The number of carboxylic acids is 1. The average Bonchev–Trinajstić information content (AvgIpc) is 2.56. The lowest BCUT2D eigenvalue weighted by molar-refractivity contribution is 0.0697. The summed E-state index contributed by atoms with van der Waals surface area (Å²) in [6.45, 7) is 3.50. The zero-order valence-electron chi connectivity index (χ0n) is 9.31. The number of benzene rings is 1. The van der Waals surface area contributed by atoms with E-state index in [2.05, 4.69) is 10.1 Å². The van der Waals surface area contributed by atoms with Crippen LogP contribution in [0, 0.1) is 13.8 Å². The van der Waals surface area contributed by atoms with Gasteiger partial charge in [-0.2, -0.15) is 5.10 Å². The quantitative estimate of drug-likeness (QED) is 0.889. The van der Waals surface area contributed by atoms with E-state index in [4.69, 9.17) is 16.7 Å². The summed E-state index contributed by atoms with van der Waals surface area (Å²) in [7, 11) is 0. The van der Waals surface area contributed by atoms with Gasteiger partial charge in [0, 0.05) is 0 Å². The van der Waals surface area contributed by atoms with Crippen molar-refractivity contribution >= 4 is 17.6 Å². The minimum atomic E-state index is -1.09. The van der Waals surface area contributed by atoms with Crippen LogP contribution in [0.15, 0.2) is 18.2 Å². The standard InChI is InChI=1S/C11H10ClN3O2/c1-6-13-7(2)15(14-6)9-5-3-4-8(12)10(9)11(16)17/h3-5H,1-2H3,(H,16,17). The fourth-order valence-corrected chi connectivity index (χ4v) is 1.90. The van der Waals surface area contributed by atoms with E-state index in [9.17, 15) is 4.79 Å². The number of aromatic nitrogens is 3. The predicted molar refractivity (Wildman–Crippen MR) is 62.8 cm³/mol. The first kappa shape index (κ1) is 11.6. The van der Waals surface area contributed by atoms with Gasteiger partial charge in [-0.3, -0.25) is 0 Å². The molecule has 0 unspecified atom stereocenters. The minimum absolute atomic E-state index is 0.0298. The molecule has 6 heteroatoms. The summed E-state index contributed by atoms with van der Waals surface area (Å²) in [5.74, 6) is 0.115. The summed E-state index contributed by atoms with van der Waals surface area (Å²) >= 11 is 5.89. The van der Waals surface area contributed by atoms with Gasteiger partial charge in [0.05, 0.1) is 10.7 Å². The Balaban J connectivity index is 2.71. The highest BCUT2D eigenvalue weighted by Gasteiger charge is 2.17. The summed E-state index contributed by atoms with van der Waals surface area (Å²) in [5, 5.41) is 13.5. The van der Waals surface area contributed by atoms with Gasteiger partial charge in [0.1, 0.15) is 17.2 Å². The highest BCUT2D eigenvalue weighted by molar-refractivity contribution is 6.34. The Hall–Kier alpha value is -1.88. The van der Waals surface area contributed by atoms with E-state index in [1.807, 2.05) is 0 Å². The van der Waals surface area contributed by atoms with Crippen molar-refractivity contribution in [2.24, 2.45) is 0 Å². The Morgan fingerprint density at radius 3 is 2.65 bits per heavy atom. The molecule has 0 saturated heterocycles. The summed E-state index contributed by atoms with van der Waals surface area (Å²) in [6.07, 6.45) is 0. The molecule has 0 aliphatic carbocycles. The first-order valence-corrected chi connectivity index (χ1v) is 5.31. The summed E-state index contributed by atoms with van der Waals surface area (Å²) in [4.78, 5) is 15.3. The molecule has 2 aromatic rings. The van der Waals surface area contributed by atoms with E-state index in [0.29, 0.717) is 17.3 Å². The van der Waals surface area contributed by atoms with Crippen molar-refractivity contribution in [3.63, 3.8) is 0 Å². The topological polar surface area (TPSA) is 68.0 Å². The van der Waals surface area contributed by atoms with Crippen molar-refractivity contribution in [2.75, 3.05) is 0 Å². The molecule has 0 atom stereocenters. The van der Waals surface area contributed by atoms with Gasteiger partial charge in [0.15, 0.2) is 0 Å². The van der Waals surface area contributed by atoms with Crippen LogP contribution in [-0.2, 0) is 0 Å². The molecule has 0 saturated carbocycles. The highest BCUT2D eigenvalue weighted by Crippen LogP contribution is 2.23. The number of aromatic carboxylic acids is 1. The van der Waals surface area contributed by atoms with E-state index in [-0.39, 0.29) is 10.6 Å². The molecule has 1 aromatic heterocycles. The predicted octanol–water partition coefficient (Wildman–Crippen LogP) is 2.24. The van der Waals surface area contributed by atoms with Crippen molar-refractivity contribution in [1.29, 1.82) is 0 Å². The first-order valence-electron chi connectivity index (χ1n) is 4.93. The summed E-state index contributed by atoms with van der Waals surface area (Å²) < 4.78 is 1.48. The normalized spacial score (nSPS) is 10.5. The zero-order chi connectivity index (χ0) is 12.6. The van der Waals surface area contributed by atoms with Crippen molar-refractivity contribution in [3.05, 3.63) is 40.4 Å². The molecular formula is C11H10ClN3O2. The summed E-state index contributed by atoms with van der Waals surface area (Å²) in [5.41, 5.74) is 0.449. The Kier molecular flexibility index (Phi) is 2.85. The van der Waals surface area contributed by atoms with Crippen LogP contribution in [0.3, 0.4) is 0 Å². The van der Waals surface area contributed by atoms with Crippen LogP contribution in [0.25, 0.3) is 5.69 Å². The number of carbonyl (C=O) groups is 1. The molecule has 17 heavy (non-hydrogen) atoms. The van der Waals surface area contributed by atoms with Crippen molar-refractivity contribution in [3.8, 4) is 5.69 Å². The van der Waals surface area contributed by atoms with Gasteiger partial charge in [-0.25, -0.2) is 14.5 Å². The average molecular weight is 252 g/mol. The molecule has 1 aromatic carbocycles. The number of hydrogen-bond donors (Lipinski definition) is 1. The third kappa shape index (κ3) is 2.01. The third-order valence-electron chi connectivity index (χ3n) is 2.31. The lowest BCUT2D eigenvalue weighted by atomic mass is 10.2. The fraction of sp³-hybridized carbons (Fsp3) is 0.182. The molecule has 1 N–H and O–H groups in total. The van der Waals surface area contributed by atoms with E-state index in [1.54, 1.807) is 26.0 Å². The Bertz CT molecular complexity index is 592. The zero-order valence-corrected chi connectivity index (χ0v) is 10.1. The number of aryl methyl sites for hydroxylation is 2. The van der Waals surface area contributed by atoms with Crippen molar-refractivity contribution < 1.29 is 9.90 Å². The van der Waals surface area contributed by atoms with Crippen molar-refractivity contribution in [1.82, 2.24) is 14.8 Å². The largest absolute Gasteiger partial charge is 0.478 e. The molecule has 0 bridgehead atoms. The lowest BCUT2D eigenvalue weighted by Crippen LogP contribution is -2.08. The Morgan fingerprint density at radius 2 is 2.12 bits per heavy atom. The van der Waals surface area contributed by atoms with E-state index >= 15 is 0 Å². The molecule has 2 rings (SSSR count). The van der Waals surface area contributed by atoms with Gasteiger partial charge < -0.3 is 5.11 Å². The molecule has 5 nitrogen and oxygen atoms in total. The van der Waals surface area contributed by atoms with Crippen LogP contribution in [0.2, 0.25) is 5.02 Å². The van der Waals surface area contributed by atoms with Crippen LogP contribution in [-0.4, -0.2) is 25.8 Å². The number of hydrogen-bond acceptors (Lipinski definition) is 3. The first-order chi connectivity index (χ1) is 8.00. The maximum Gasteiger partial charge on any atom is 0.339 e. The van der Waals surface area contributed by atoms with E-state index < -0.39 is 5.97 Å². The van der Waals surface area contributed by atoms with E-state index in [1.165, 1.54) is 10.7 Å². The highest BCUT2D eigenvalue weighted by atomic mass is 35.5. The smallest absolute Gasteiger partial charge is 0.339 e. The SMILES string of the molecule is Cc1nc(C)n(-c2cccc(Cl)c2C(=O)O)n1. The Morgan fingerprint density at radius 1 is 1.41 bits per heavy atom. The second-order valence-electron chi connectivity index (χ2n) is 3.56. The second-order valence-corrected chi connectivity index (χ2v) is 3.96. The van der Waals surface area contributed by atoms with E-state index in [0.717, 1.165) is 0 Å². The van der Waals surface area contributed by atoms with Crippen molar-refractivity contribution in [2.45, 2.75) is 13.8 Å². The van der Waals surface area contributed by atoms with Gasteiger partial charge in [0.2, 0.25) is 0 Å². The molecule has 0 aliphatic rings. The fourth-order valence-electron chi connectivity index (χ4n) is 1.65. The lowest BCUT2D eigenvalue weighted by Gasteiger charge is -2.08. The van der Waals surface area contributed by atoms with Gasteiger partial charge in [-0.1, -0.05) is 17.7 Å². The molecule has 0 spiro atoms. The number of rotatable bonds is 2. The third-order valence-corrected chi connectivity index (χ3v) is 2.62. The monoisotopic (exact) mass is 251 g/mol. The summed E-state index contributed by atoms with van der Waals surface area (Å²) in [6, 6.07) is 4.87. The number of nitrogens with zero attached hydrogens (tertiary/aromatic N) is 3. The molecule has 0 radical (unpaired) electrons. The molecule has 0 fully saturated rings. The van der Waals surface area contributed by atoms with Crippen LogP contribution in [0.4, 0.5) is 0 Å². The Labute approximate surface area is 103 Å². The number of halogens is 1. The van der Waals surface area contributed by atoms with Gasteiger partial charge >= 0.3 is 5.97 Å². The van der Waals surface area contributed by atoms with Gasteiger partial charge in [-0.15, -0.1) is 0 Å². The maximum absolute atomic E-state index is 11.2. The molecule has 1 heterocycles. The number of carboxylic acid groups (broad SMARTS) is 1. The van der Waals surface area contributed by atoms with Gasteiger partial charge in [0.25, 0.3) is 0 Å². The molecular weight excluding hydrogens is 242 g/mol. The van der Waals surface area contributed by atoms with Gasteiger partial charge in [-0.05, 0) is 26.0 Å². The van der Waals surface area contributed by atoms with Crippen LogP contribution in [0.1, 0.15) is 22.0 Å². The maximum atomic E-state index is 11.2. The molecule has 88 valence electrons. The minimum Gasteiger partial charge on any atom is -0.478 e. The van der Waals surface area contributed by atoms with Crippen LogP contribution < -0.4 is 0 Å². The molecule has 0 amide bonds. The van der Waals surface area contributed by atoms with Crippen LogP contribution in [0.5, 0.6) is 0 Å². The molecule has 0 aliphatic heterocycles.